The number of rotatable bonds is 18. The summed E-state index contributed by atoms with van der Waals surface area (Å²) in [6.07, 6.45) is 11.8. The molecule has 0 saturated heterocycles. The highest BCUT2D eigenvalue weighted by molar-refractivity contribution is 5.72. The molecule has 2 aromatic rings. The third kappa shape index (κ3) is 12.6. The van der Waals surface area contributed by atoms with E-state index in [1.54, 1.807) is 6.92 Å². The van der Waals surface area contributed by atoms with E-state index in [4.69, 9.17) is 9.47 Å². The van der Waals surface area contributed by atoms with Gasteiger partial charge in [-0.1, -0.05) is 101 Å². The van der Waals surface area contributed by atoms with Crippen LogP contribution in [-0.4, -0.2) is 37.4 Å². The Bertz CT molecular complexity index is 865. The normalized spacial score (nSPS) is 13.2. The largest absolute Gasteiger partial charge is 0.455 e. The number of hydrogen-bond acceptors (Lipinski definition) is 3. The quantitative estimate of drug-likeness (QED) is 0.0909. The molecule has 0 radical (unpaired) electrons. The maximum atomic E-state index is 12.7. The van der Waals surface area contributed by atoms with Crippen molar-refractivity contribution in [2.45, 2.75) is 97.8 Å². The molecule has 0 N–H and O–H groups in total. The van der Waals surface area contributed by atoms with Gasteiger partial charge in [0.1, 0.15) is 12.3 Å². The van der Waals surface area contributed by atoms with E-state index in [9.17, 15) is 4.79 Å². The van der Waals surface area contributed by atoms with Gasteiger partial charge >= 0.3 is 5.97 Å². The summed E-state index contributed by atoms with van der Waals surface area (Å²) in [4.78, 5) is 12.7. The van der Waals surface area contributed by atoms with Crippen LogP contribution in [0.3, 0.4) is 0 Å². The molecule has 0 spiro atoms. The zero-order valence-electron chi connectivity index (χ0n) is 23.5. The molecule has 2 atom stereocenters. The summed E-state index contributed by atoms with van der Waals surface area (Å²) in [5, 5.41) is 0. The zero-order chi connectivity index (χ0) is 26.2. The molecule has 0 aromatic heterocycles. The first kappa shape index (κ1) is 29.9. The molecular weight excluding hydrogens is 446 g/mol. The van der Waals surface area contributed by atoms with E-state index in [2.05, 4.69) is 57.4 Å². The van der Waals surface area contributed by atoms with E-state index in [0.29, 0.717) is 0 Å². The van der Waals surface area contributed by atoms with Crippen LogP contribution in [0.15, 0.2) is 54.6 Å². The predicted octanol–water partition coefficient (Wildman–Crippen LogP) is 7.94. The number of benzene rings is 2. The Morgan fingerprint density at radius 2 is 1.47 bits per heavy atom. The van der Waals surface area contributed by atoms with E-state index >= 15 is 0 Å². The molecule has 0 aliphatic heterocycles. The van der Waals surface area contributed by atoms with E-state index in [1.165, 1.54) is 62.5 Å². The summed E-state index contributed by atoms with van der Waals surface area (Å²) in [7, 11) is 4.41. The van der Waals surface area contributed by atoms with Crippen molar-refractivity contribution in [3.05, 3.63) is 65.7 Å². The second-order valence-electron chi connectivity index (χ2n) is 11.0. The Morgan fingerprint density at radius 3 is 2.17 bits per heavy atom. The summed E-state index contributed by atoms with van der Waals surface area (Å²) in [6, 6.07) is 18.7. The Hall–Kier alpha value is -2.33. The highest BCUT2D eigenvalue weighted by atomic mass is 16.7. The summed E-state index contributed by atoms with van der Waals surface area (Å²) in [6.45, 7) is 7.85. The first-order valence-electron chi connectivity index (χ1n) is 14.1. The van der Waals surface area contributed by atoms with Crippen LogP contribution < -0.4 is 4.74 Å². The van der Waals surface area contributed by atoms with Gasteiger partial charge < -0.3 is 14.0 Å². The minimum Gasteiger partial charge on any atom is -0.455 e. The van der Waals surface area contributed by atoms with E-state index in [0.717, 1.165) is 36.2 Å². The van der Waals surface area contributed by atoms with Gasteiger partial charge in [-0.05, 0) is 30.5 Å². The molecule has 0 aliphatic carbocycles. The number of aryl methyl sites for hydroxylation is 1. The fourth-order valence-electron chi connectivity index (χ4n) is 4.55. The van der Waals surface area contributed by atoms with Gasteiger partial charge in [0, 0.05) is 18.9 Å². The molecule has 0 heterocycles. The van der Waals surface area contributed by atoms with Crippen molar-refractivity contribution < 1.29 is 18.8 Å². The second kappa shape index (κ2) is 16.4. The first-order valence-corrected chi connectivity index (χ1v) is 14.1. The maximum Gasteiger partial charge on any atom is 0.311 e. The summed E-state index contributed by atoms with van der Waals surface area (Å²) < 4.78 is 12.4. The molecule has 0 amide bonds. The number of unbranched alkanes of at least 4 members (excludes halogenated alkanes) is 7. The Kier molecular flexibility index (Phi) is 13.6. The van der Waals surface area contributed by atoms with Crippen LogP contribution in [0.1, 0.15) is 89.7 Å². The van der Waals surface area contributed by atoms with Crippen molar-refractivity contribution in [2.24, 2.45) is 5.92 Å². The summed E-state index contributed by atoms with van der Waals surface area (Å²) >= 11 is 0. The lowest BCUT2D eigenvalue weighted by Crippen LogP contribution is -2.41. The monoisotopic (exact) mass is 496 g/mol. The fraction of sp³-hybridized carbons (Fsp3) is 0.594. The van der Waals surface area contributed by atoms with Crippen LogP contribution in [0.2, 0.25) is 0 Å². The van der Waals surface area contributed by atoms with Crippen molar-refractivity contribution in [3.8, 4) is 5.75 Å². The van der Waals surface area contributed by atoms with Crippen molar-refractivity contribution in [1.29, 1.82) is 0 Å². The molecule has 0 bridgehead atoms. The van der Waals surface area contributed by atoms with Crippen molar-refractivity contribution >= 4 is 5.97 Å². The lowest BCUT2D eigenvalue weighted by Gasteiger charge is -2.31. The van der Waals surface area contributed by atoms with Crippen molar-refractivity contribution in [1.82, 2.24) is 0 Å². The number of quaternary nitrogens is 1. The summed E-state index contributed by atoms with van der Waals surface area (Å²) in [5.41, 5.74) is 2.59. The molecule has 0 saturated carbocycles. The number of carbonyl (C=O) groups is 1. The molecule has 0 aliphatic rings. The van der Waals surface area contributed by atoms with Crippen LogP contribution in [0.4, 0.5) is 0 Å². The molecule has 200 valence electrons. The third-order valence-corrected chi connectivity index (χ3v) is 6.82. The Morgan fingerprint density at radius 1 is 0.833 bits per heavy atom. The van der Waals surface area contributed by atoms with Crippen LogP contribution in [0.25, 0.3) is 0 Å². The molecular formula is C32H50NO3+. The molecule has 2 unspecified atom stereocenters. The molecule has 2 rings (SSSR count). The Balaban J connectivity index is 1.69. The molecule has 2 aromatic carbocycles. The van der Waals surface area contributed by atoms with E-state index in [1.807, 2.05) is 25.1 Å². The van der Waals surface area contributed by atoms with E-state index < -0.39 is 6.29 Å². The van der Waals surface area contributed by atoms with Gasteiger partial charge in [0.05, 0.1) is 26.6 Å². The number of carbonyl (C=O) groups excluding carboxylic acids is 1. The molecule has 4 heteroatoms. The molecule has 36 heavy (non-hydrogen) atoms. The van der Waals surface area contributed by atoms with Gasteiger partial charge in [-0.15, -0.1) is 0 Å². The minimum atomic E-state index is -0.606. The maximum absolute atomic E-state index is 12.7. The lowest BCUT2D eigenvalue weighted by atomic mass is 10.0. The number of nitrogens with zero attached hydrogens (tertiary/aromatic N) is 1. The van der Waals surface area contributed by atoms with Crippen LogP contribution in [0, 0.1) is 5.92 Å². The zero-order valence-corrected chi connectivity index (χ0v) is 23.5. The number of hydrogen-bond donors (Lipinski definition) is 0. The first-order chi connectivity index (χ1) is 17.3. The van der Waals surface area contributed by atoms with Gasteiger partial charge in [0.25, 0.3) is 0 Å². The smallest absolute Gasteiger partial charge is 0.311 e. The Labute approximate surface area is 220 Å². The lowest BCUT2D eigenvalue weighted by molar-refractivity contribution is -0.904. The number of esters is 1. The SMILES string of the molecule is CCCCCCCCCCc1cccc(OC(C)OC(=O)C(C)CC[N+](C)(C)Cc2ccccc2)c1. The van der Waals surface area contributed by atoms with Crippen LogP contribution in [-0.2, 0) is 22.5 Å². The minimum absolute atomic E-state index is 0.169. The van der Waals surface area contributed by atoms with Crippen molar-refractivity contribution in [3.63, 3.8) is 0 Å². The van der Waals surface area contributed by atoms with Crippen molar-refractivity contribution in [2.75, 3.05) is 20.6 Å². The fourth-order valence-corrected chi connectivity index (χ4v) is 4.55. The van der Waals surface area contributed by atoms with Crippen LogP contribution >= 0.6 is 0 Å². The molecule has 4 nitrogen and oxygen atoms in total. The highest BCUT2D eigenvalue weighted by Crippen LogP contribution is 2.19. The van der Waals surface area contributed by atoms with Gasteiger partial charge in [-0.3, -0.25) is 4.79 Å². The van der Waals surface area contributed by atoms with Crippen LogP contribution in [0.5, 0.6) is 5.75 Å². The number of ether oxygens (including phenoxy) is 2. The van der Waals surface area contributed by atoms with Gasteiger partial charge in [0.15, 0.2) is 0 Å². The average molecular weight is 497 g/mol. The average Bonchev–Trinajstić information content (AvgIpc) is 2.84. The standard InChI is InChI=1S/C32H50NO3/c1-6-7-8-9-10-11-12-14-18-29-21-17-22-31(25-29)35-28(3)36-32(34)27(2)23-24-33(4,5)26-30-19-15-13-16-20-30/h13,15-17,19-22,25,27-28H,6-12,14,18,23-24,26H2,1-5H3/q+1. The van der Waals surface area contributed by atoms with Gasteiger partial charge in [-0.2, -0.15) is 0 Å². The van der Waals surface area contributed by atoms with Gasteiger partial charge in [0.2, 0.25) is 6.29 Å². The van der Waals surface area contributed by atoms with E-state index in [-0.39, 0.29) is 11.9 Å². The highest BCUT2D eigenvalue weighted by Gasteiger charge is 2.23. The molecule has 0 fully saturated rings. The second-order valence-corrected chi connectivity index (χ2v) is 11.0. The topological polar surface area (TPSA) is 35.5 Å². The van der Waals surface area contributed by atoms with Gasteiger partial charge in [-0.25, -0.2) is 0 Å². The summed E-state index contributed by atoms with van der Waals surface area (Å²) in [5.74, 6) is 0.399. The third-order valence-electron chi connectivity index (χ3n) is 6.82. The predicted molar refractivity (Wildman–Crippen MR) is 150 cm³/mol.